The number of halogens is 4. The zero-order valence-corrected chi connectivity index (χ0v) is 10.4. The molecule has 3 aromatic rings. The van der Waals surface area contributed by atoms with Gasteiger partial charge >= 0.3 is 6.61 Å². The van der Waals surface area contributed by atoms with Gasteiger partial charge in [-0.2, -0.15) is 8.78 Å². The van der Waals surface area contributed by atoms with E-state index >= 15 is 0 Å². The zero-order chi connectivity index (χ0) is 15.0. The van der Waals surface area contributed by atoms with Gasteiger partial charge in [0.15, 0.2) is 11.6 Å². The highest BCUT2D eigenvalue weighted by atomic mass is 19.3. The Bertz CT molecular complexity index is 745. The van der Waals surface area contributed by atoms with Gasteiger partial charge < -0.3 is 9.72 Å². The fourth-order valence-electron chi connectivity index (χ4n) is 1.94. The Kier molecular flexibility index (Phi) is 3.25. The van der Waals surface area contributed by atoms with Crippen LogP contribution in [-0.4, -0.2) is 16.6 Å². The second kappa shape index (κ2) is 5.08. The Balaban J connectivity index is 1.96. The number of imidazole rings is 1. The number of aromatic amines is 1. The van der Waals surface area contributed by atoms with Crippen LogP contribution < -0.4 is 4.74 Å². The molecule has 0 bridgehead atoms. The number of rotatable bonds is 3. The van der Waals surface area contributed by atoms with E-state index in [1.165, 1.54) is 24.3 Å². The van der Waals surface area contributed by atoms with Crippen LogP contribution in [0, 0.1) is 11.6 Å². The van der Waals surface area contributed by atoms with Gasteiger partial charge in [0.25, 0.3) is 0 Å². The summed E-state index contributed by atoms with van der Waals surface area (Å²) in [6.07, 6.45) is 0. The van der Waals surface area contributed by atoms with E-state index in [1.54, 1.807) is 0 Å². The minimum absolute atomic E-state index is 0.0157. The molecular weight excluding hydrogens is 288 g/mol. The van der Waals surface area contributed by atoms with Gasteiger partial charge in [0.1, 0.15) is 11.6 Å². The number of hydrogen-bond donors (Lipinski definition) is 1. The normalized spacial score (nSPS) is 11.3. The smallest absolute Gasteiger partial charge is 0.387 e. The van der Waals surface area contributed by atoms with Gasteiger partial charge in [-0.1, -0.05) is 0 Å². The van der Waals surface area contributed by atoms with E-state index in [1.807, 2.05) is 0 Å². The van der Waals surface area contributed by atoms with Gasteiger partial charge in [0.05, 0.1) is 11.0 Å². The second-order valence-electron chi connectivity index (χ2n) is 4.27. The van der Waals surface area contributed by atoms with Crippen LogP contribution in [-0.2, 0) is 0 Å². The standard InChI is InChI=1S/C14H8F4N2O/c15-9-5-11-12(6-10(9)16)20-13(19-11)7-1-3-8(4-2-7)21-14(17)18/h1-6,14H,(H,19,20). The van der Waals surface area contributed by atoms with E-state index in [-0.39, 0.29) is 11.3 Å². The summed E-state index contributed by atoms with van der Waals surface area (Å²) in [6, 6.07) is 7.74. The molecule has 0 saturated carbocycles. The lowest BCUT2D eigenvalue weighted by Gasteiger charge is -2.04. The second-order valence-corrected chi connectivity index (χ2v) is 4.27. The minimum Gasteiger partial charge on any atom is -0.435 e. The van der Waals surface area contributed by atoms with Crippen molar-refractivity contribution < 1.29 is 22.3 Å². The first-order valence-electron chi connectivity index (χ1n) is 5.93. The van der Waals surface area contributed by atoms with Crippen LogP contribution in [0.5, 0.6) is 5.75 Å². The van der Waals surface area contributed by atoms with Crippen LogP contribution in [0.25, 0.3) is 22.4 Å². The molecule has 21 heavy (non-hydrogen) atoms. The largest absolute Gasteiger partial charge is 0.435 e. The highest BCUT2D eigenvalue weighted by Gasteiger charge is 2.10. The molecule has 2 aromatic carbocycles. The van der Waals surface area contributed by atoms with E-state index in [2.05, 4.69) is 14.7 Å². The number of alkyl halides is 2. The Morgan fingerprint density at radius 1 is 1.00 bits per heavy atom. The summed E-state index contributed by atoms with van der Waals surface area (Å²) in [4.78, 5) is 6.96. The summed E-state index contributed by atoms with van der Waals surface area (Å²) in [6.45, 7) is -2.90. The van der Waals surface area contributed by atoms with Crippen molar-refractivity contribution in [1.82, 2.24) is 9.97 Å². The number of fused-ring (bicyclic) bond motifs is 1. The summed E-state index contributed by atoms with van der Waals surface area (Å²) in [7, 11) is 0. The van der Waals surface area contributed by atoms with Gasteiger partial charge in [0, 0.05) is 17.7 Å². The summed E-state index contributed by atoms with van der Waals surface area (Å²) < 4.78 is 54.6. The van der Waals surface area contributed by atoms with Crippen LogP contribution in [0.2, 0.25) is 0 Å². The maximum absolute atomic E-state index is 13.1. The summed E-state index contributed by atoms with van der Waals surface area (Å²) >= 11 is 0. The number of nitrogens with zero attached hydrogens (tertiary/aromatic N) is 1. The Morgan fingerprint density at radius 2 is 1.67 bits per heavy atom. The van der Waals surface area contributed by atoms with Crippen molar-refractivity contribution in [2.24, 2.45) is 0 Å². The predicted octanol–water partition coefficient (Wildman–Crippen LogP) is 4.11. The van der Waals surface area contributed by atoms with Crippen LogP contribution in [0.4, 0.5) is 17.6 Å². The molecule has 0 unspecified atom stereocenters. The molecule has 7 heteroatoms. The first-order valence-corrected chi connectivity index (χ1v) is 5.93. The van der Waals surface area contributed by atoms with Crippen molar-refractivity contribution in [3.05, 3.63) is 48.0 Å². The van der Waals surface area contributed by atoms with Gasteiger partial charge in [-0.05, 0) is 24.3 Å². The molecule has 0 saturated heterocycles. The van der Waals surface area contributed by atoms with E-state index in [0.717, 1.165) is 12.1 Å². The number of benzene rings is 2. The molecule has 0 aliphatic heterocycles. The monoisotopic (exact) mass is 296 g/mol. The quantitative estimate of drug-likeness (QED) is 0.739. The number of hydrogen-bond acceptors (Lipinski definition) is 2. The number of aromatic nitrogens is 2. The Labute approximate surface area is 116 Å². The van der Waals surface area contributed by atoms with E-state index < -0.39 is 18.2 Å². The fraction of sp³-hybridized carbons (Fsp3) is 0.0714. The van der Waals surface area contributed by atoms with Crippen molar-refractivity contribution in [1.29, 1.82) is 0 Å². The molecule has 0 amide bonds. The van der Waals surface area contributed by atoms with Crippen molar-refractivity contribution >= 4 is 11.0 Å². The molecule has 0 aliphatic carbocycles. The van der Waals surface area contributed by atoms with E-state index in [9.17, 15) is 17.6 Å². The third kappa shape index (κ3) is 2.67. The average molecular weight is 296 g/mol. The Hall–Kier alpha value is -2.57. The number of ether oxygens (including phenoxy) is 1. The third-order valence-electron chi connectivity index (χ3n) is 2.88. The van der Waals surface area contributed by atoms with Gasteiger partial charge in [-0.15, -0.1) is 0 Å². The molecule has 0 atom stereocenters. The van der Waals surface area contributed by atoms with E-state index in [4.69, 9.17) is 0 Å². The maximum Gasteiger partial charge on any atom is 0.387 e. The zero-order valence-electron chi connectivity index (χ0n) is 10.4. The number of H-pyrrole nitrogens is 1. The molecule has 0 aliphatic rings. The molecule has 0 spiro atoms. The first kappa shape index (κ1) is 13.4. The summed E-state index contributed by atoms with van der Waals surface area (Å²) in [5.74, 6) is -1.57. The van der Waals surface area contributed by atoms with Gasteiger partial charge in [-0.3, -0.25) is 0 Å². The lowest BCUT2D eigenvalue weighted by Crippen LogP contribution is -2.01. The molecule has 1 heterocycles. The molecule has 108 valence electrons. The summed E-state index contributed by atoms with van der Waals surface area (Å²) in [5.41, 5.74) is 1.20. The average Bonchev–Trinajstić information content (AvgIpc) is 2.82. The minimum atomic E-state index is -2.90. The predicted molar refractivity (Wildman–Crippen MR) is 68.1 cm³/mol. The lowest BCUT2D eigenvalue weighted by atomic mass is 10.2. The van der Waals surface area contributed by atoms with Crippen molar-refractivity contribution in [3.63, 3.8) is 0 Å². The van der Waals surface area contributed by atoms with Crippen molar-refractivity contribution in [3.8, 4) is 17.1 Å². The SMILES string of the molecule is Fc1cc2nc(-c3ccc(OC(F)F)cc3)[nH]c2cc1F. The molecule has 1 N–H and O–H groups in total. The number of nitrogens with one attached hydrogen (secondary N) is 1. The van der Waals surface area contributed by atoms with E-state index in [0.29, 0.717) is 16.9 Å². The van der Waals surface area contributed by atoms with Crippen molar-refractivity contribution in [2.45, 2.75) is 6.61 Å². The molecule has 3 rings (SSSR count). The highest BCUT2D eigenvalue weighted by Crippen LogP contribution is 2.24. The maximum atomic E-state index is 13.1. The van der Waals surface area contributed by atoms with Crippen LogP contribution in [0.1, 0.15) is 0 Å². The Morgan fingerprint density at radius 3 is 2.33 bits per heavy atom. The van der Waals surface area contributed by atoms with Gasteiger partial charge in [-0.25, -0.2) is 13.8 Å². The molecule has 0 radical (unpaired) electrons. The van der Waals surface area contributed by atoms with Gasteiger partial charge in [0.2, 0.25) is 0 Å². The van der Waals surface area contributed by atoms with Crippen LogP contribution in [0.3, 0.4) is 0 Å². The van der Waals surface area contributed by atoms with Crippen molar-refractivity contribution in [2.75, 3.05) is 0 Å². The first-order chi connectivity index (χ1) is 10.0. The highest BCUT2D eigenvalue weighted by molar-refractivity contribution is 5.79. The molecule has 0 fully saturated rings. The molecule has 3 nitrogen and oxygen atoms in total. The molecular formula is C14H8F4N2O. The summed E-state index contributed by atoms with van der Waals surface area (Å²) in [5, 5.41) is 0. The van der Waals surface area contributed by atoms with Crippen LogP contribution in [0.15, 0.2) is 36.4 Å². The lowest BCUT2D eigenvalue weighted by molar-refractivity contribution is -0.0498. The fourth-order valence-corrected chi connectivity index (χ4v) is 1.94. The van der Waals surface area contributed by atoms with Crippen LogP contribution >= 0.6 is 0 Å². The molecule has 1 aromatic heterocycles. The topological polar surface area (TPSA) is 37.9 Å². The third-order valence-corrected chi connectivity index (χ3v) is 2.88.